The van der Waals surface area contributed by atoms with Crippen molar-refractivity contribution in [2.24, 2.45) is 11.8 Å². The van der Waals surface area contributed by atoms with Crippen LogP contribution < -0.4 is 4.74 Å². The van der Waals surface area contributed by atoms with Crippen LogP contribution in [0.5, 0.6) is 5.75 Å². The lowest BCUT2D eigenvalue weighted by molar-refractivity contribution is -0.125. The fraction of sp³-hybridized carbons (Fsp3) is 0.650. The first-order valence-corrected chi connectivity index (χ1v) is 9.08. The number of ketones is 1. The predicted octanol–water partition coefficient (Wildman–Crippen LogP) is 3.42. The van der Waals surface area contributed by atoms with Crippen molar-refractivity contribution < 1.29 is 9.53 Å². The van der Waals surface area contributed by atoms with Crippen molar-refractivity contribution in [3.05, 3.63) is 29.8 Å². The number of likely N-dealkylation sites (tertiary alicyclic amines) is 1. The van der Waals surface area contributed by atoms with E-state index in [1.54, 1.807) is 7.11 Å². The van der Waals surface area contributed by atoms with Crippen molar-refractivity contribution in [1.29, 1.82) is 0 Å². The number of nitrogens with zero attached hydrogens (tertiary/aromatic N) is 1. The number of fused-ring (bicyclic) bond motifs is 1. The molecule has 3 heteroatoms. The van der Waals surface area contributed by atoms with Gasteiger partial charge in [0.1, 0.15) is 11.5 Å². The predicted molar refractivity (Wildman–Crippen MR) is 90.8 cm³/mol. The molecule has 0 aromatic heterocycles. The van der Waals surface area contributed by atoms with Gasteiger partial charge in [-0.3, -0.25) is 4.79 Å². The first-order chi connectivity index (χ1) is 11.2. The first-order valence-electron chi connectivity index (χ1n) is 9.08. The zero-order valence-corrected chi connectivity index (χ0v) is 14.1. The van der Waals surface area contributed by atoms with E-state index in [4.69, 9.17) is 4.74 Å². The summed E-state index contributed by atoms with van der Waals surface area (Å²) in [5, 5.41) is 0. The zero-order valence-electron chi connectivity index (χ0n) is 14.1. The van der Waals surface area contributed by atoms with Gasteiger partial charge in [-0.25, -0.2) is 0 Å². The van der Waals surface area contributed by atoms with Crippen LogP contribution in [0.1, 0.15) is 44.1 Å². The van der Waals surface area contributed by atoms with Crippen LogP contribution in [0, 0.1) is 11.8 Å². The van der Waals surface area contributed by atoms with Crippen molar-refractivity contribution in [1.82, 2.24) is 4.90 Å². The van der Waals surface area contributed by atoms with Gasteiger partial charge < -0.3 is 9.64 Å². The molecule has 1 saturated heterocycles. The van der Waals surface area contributed by atoms with Crippen molar-refractivity contribution in [3.8, 4) is 5.75 Å². The van der Waals surface area contributed by atoms with Crippen LogP contribution >= 0.6 is 0 Å². The number of methoxy groups -OCH3 is 1. The molecule has 3 nitrogen and oxygen atoms in total. The third kappa shape index (κ3) is 2.91. The lowest BCUT2D eigenvalue weighted by Crippen LogP contribution is -2.53. The summed E-state index contributed by atoms with van der Waals surface area (Å²) in [5.74, 6) is 2.91. The topological polar surface area (TPSA) is 29.5 Å². The summed E-state index contributed by atoms with van der Waals surface area (Å²) >= 11 is 0. The maximum absolute atomic E-state index is 12.3. The summed E-state index contributed by atoms with van der Waals surface area (Å²) in [7, 11) is 1.72. The molecule has 3 aliphatic rings. The average Bonchev–Trinajstić information content (AvgIpc) is 3.39. The molecular formula is C20H27NO2. The number of carbonyl (C=O) groups is 1. The lowest BCUT2D eigenvalue weighted by atomic mass is 9.59. The van der Waals surface area contributed by atoms with Crippen LogP contribution in [0.3, 0.4) is 0 Å². The van der Waals surface area contributed by atoms with Crippen LogP contribution in [-0.4, -0.2) is 37.4 Å². The summed E-state index contributed by atoms with van der Waals surface area (Å²) in [6.45, 7) is 3.58. The minimum atomic E-state index is 0.0456. The van der Waals surface area contributed by atoms with E-state index in [1.165, 1.54) is 31.5 Å². The molecule has 23 heavy (non-hydrogen) atoms. The maximum atomic E-state index is 12.3. The van der Waals surface area contributed by atoms with E-state index in [9.17, 15) is 4.79 Å². The summed E-state index contributed by atoms with van der Waals surface area (Å²) < 4.78 is 5.44. The summed E-state index contributed by atoms with van der Waals surface area (Å²) in [4.78, 5) is 14.9. The molecule has 2 saturated carbocycles. The molecule has 2 atom stereocenters. The minimum Gasteiger partial charge on any atom is -0.497 e. The Balaban J connectivity index is 1.62. The highest BCUT2D eigenvalue weighted by atomic mass is 16.5. The number of hydrogen-bond acceptors (Lipinski definition) is 3. The molecular weight excluding hydrogens is 286 g/mol. The number of Topliss-reactive ketones (excluding diaryl/α,β-unsaturated/α-hetero) is 1. The Bertz CT molecular complexity index is 595. The lowest BCUT2D eigenvalue weighted by Gasteiger charge is -2.50. The Kier molecular flexibility index (Phi) is 3.92. The fourth-order valence-electron chi connectivity index (χ4n) is 4.76. The SMILES string of the molecule is COc1cccc(C23CCN(CC4CC4)CC2CCC(=O)C3)c1. The van der Waals surface area contributed by atoms with Gasteiger partial charge in [0.25, 0.3) is 0 Å². The molecule has 124 valence electrons. The molecule has 0 amide bonds. The number of piperidine rings is 1. The number of rotatable bonds is 4. The molecule has 1 aliphatic heterocycles. The zero-order chi connectivity index (χ0) is 15.9. The number of benzene rings is 1. The van der Waals surface area contributed by atoms with Gasteiger partial charge in [0.2, 0.25) is 0 Å². The van der Waals surface area contributed by atoms with E-state index in [0.29, 0.717) is 11.7 Å². The minimum absolute atomic E-state index is 0.0456. The molecule has 0 N–H and O–H groups in total. The van der Waals surface area contributed by atoms with E-state index in [1.807, 2.05) is 6.07 Å². The third-order valence-electron chi connectivity index (χ3n) is 6.28. The van der Waals surface area contributed by atoms with Crippen LogP contribution in [0.4, 0.5) is 0 Å². The van der Waals surface area contributed by atoms with Gasteiger partial charge >= 0.3 is 0 Å². The highest BCUT2D eigenvalue weighted by Gasteiger charge is 2.48. The molecule has 1 heterocycles. The normalized spacial score (nSPS) is 31.7. The average molecular weight is 313 g/mol. The maximum Gasteiger partial charge on any atom is 0.133 e. The molecule has 2 unspecified atom stereocenters. The second-order valence-electron chi connectivity index (χ2n) is 7.79. The summed E-state index contributed by atoms with van der Waals surface area (Å²) in [6, 6.07) is 8.46. The quantitative estimate of drug-likeness (QED) is 0.853. The van der Waals surface area contributed by atoms with Crippen molar-refractivity contribution in [3.63, 3.8) is 0 Å². The Hall–Kier alpha value is -1.35. The summed E-state index contributed by atoms with van der Waals surface area (Å²) in [6.07, 6.45) is 6.50. The van der Waals surface area contributed by atoms with Crippen molar-refractivity contribution in [2.45, 2.75) is 43.9 Å². The van der Waals surface area contributed by atoms with E-state index >= 15 is 0 Å². The number of ether oxygens (including phenoxy) is 1. The molecule has 1 aromatic carbocycles. The van der Waals surface area contributed by atoms with Gasteiger partial charge in [-0.1, -0.05) is 12.1 Å². The van der Waals surface area contributed by atoms with Crippen molar-refractivity contribution in [2.75, 3.05) is 26.7 Å². The highest BCUT2D eigenvalue weighted by Crippen LogP contribution is 2.49. The van der Waals surface area contributed by atoms with Crippen LogP contribution in [0.15, 0.2) is 24.3 Å². The Morgan fingerprint density at radius 3 is 2.96 bits per heavy atom. The van der Waals surface area contributed by atoms with E-state index in [-0.39, 0.29) is 5.41 Å². The van der Waals surface area contributed by atoms with E-state index in [2.05, 4.69) is 23.1 Å². The van der Waals surface area contributed by atoms with Gasteiger partial charge in [0.15, 0.2) is 0 Å². The molecule has 0 bridgehead atoms. The molecule has 4 rings (SSSR count). The molecule has 3 fully saturated rings. The van der Waals surface area contributed by atoms with Crippen LogP contribution in [0.2, 0.25) is 0 Å². The Morgan fingerprint density at radius 1 is 1.30 bits per heavy atom. The Labute approximate surface area is 139 Å². The standard InChI is InChI=1S/C20H27NO2/c1-23-19-4-2-3-16(11-19)20-9-10-21(13-15-5-6-15)14-17(20)7-8-18(22)12-20/h2-4,11,15,17H,5-10,12-14H2,1H3. The molecule has 0 spiro atoms. The molecule has 1 aromatic rings. The highest BCUT2D eigenvalue weighted by molar-refractivity contribution is 5.81. The monoisotopic (exact) mass is 313 g/mol. The van der Waals surface area contributed by atoms with Gasteiger partial charge in [0.05, 0.1) is 7.11 Å². The first kappa shape index (κ1) is 15.2. The summed E-state index contributed by atoms with van der Waals surface area (Å²) in [5.41, 5.74) is 1.37. The second-order valence-corrected chi connectivity index (χ2v) is 7.79. The Morgan fingerprint density at radius 2 is 2.17 bits per heavy atom. The van der Waals surface area contributed by atoms with Crippen molar-refractivity contribution >= 4 is 5.78 Å². The van der Waals surface area contributed by atoms with E-state index in [0.717, 1.165) is 43.9 Å². The second kappa shape index (κ2) is 5.94. The molecule has 0 radical (unpaired) electrons. The molecule has 2 aliphatic carbocycles. The van der Waals surface area contributed by atoms with Crippen LogP contribution in [-0.2, 0) is 10.2 Å². The van der Waals surface area contributed by atoms with Gasteiger partial charge in [-0.2, -0.15) is 0 Å². The van der Waals surface area contributed by atoms with E-state index < -0.39 is 0 Å². The largest absolute Gasteiger partial charge is 0.497 e. The van der Waals surface area contributed by atoms with Gasteiger partial charge in [0, 0.05) is 31.3 Å². The van der Waals surface area contributed by atoms with Gasteiger partial charge in [-0.15, -0.1) is 0 Å². The van der Waals surface area contributed by atoms with Crippen LogP contribution in [0.25, 0.3) is 0 Å². The smallest absolute Gasteiger partial charge is 0.133 e. The fourth-order valence-corrected chi connectivity index (χ4v) is 4.76. The number of carbonyl (C=O) groups excluding carboxylic acids is 1. The number of hydrogen-bond donors (Lipinski definition) is 0. The third-order valence-corrected chi connectivity index (χ3v) is 6.28. The van der Waals surface area contributed by atoms with Gasteiger partial charge in [-0.05, 0) is 61.8 Å².